The number of aliphatic hydroxyl groups excluding tert-OH is 1. The standard InChI is InChI=1S/C11H17FN2O2/c1-16-7-9(4-5-15)14-11-3-2-8(12)6-10(11)13/h2-3,6,9,14-15H,4-5,7,13H2,1H3. The predicted octanol–water partition coefficient (Wildman–Crippen LogP) is 1.22. The first-order valence-corrected chi connectivity index (χ1v) is 5.08. The van der Waals surface area contributed by atoms with E-state index in [-0.39, 0.29) is 18.5 Å². The minimum Gasteiger partial charge on any atom is -0.397 e. The fourth-order valence-corrected chi connectivity index (χ4v) is 1.44. The lowest BCUT2D eigenvalue weighted by Gasteiger charge is -2.19. The number of ether oxygens (including phenoxy) is 1. The first kappa shape index (κ1) is 12.7. The molecule has 0 aromatic heterocycles. The summed E-state index contributed by atoms with van der Waals surface area (Å²) in [6.07, 6.45) is 0.546. The van der Waals surface area contributed by atoms with Gasteiger partial charge >= 0.3 is 0 Å². The van der Waals surface area contributed by atoms with E-state index in [2.05, 4.69) is 5.32 Å². The molecule has 4 N–H and O–H groups in total. The number of hydrogen-bond acceptors (Lipinski definition) is 4. The molecule has 0 saturated carbocycles. The lowest BCUT2D eigenvalue weighted by atomic mass is 10.2. The molecule has 0 radical (unpaired) electrons. The Labute approximate surface area is 94.2 Å². The monoisotopic (exact) mass is 228 g/mol. The van der Waals surface area contributed by atoms with Crippen molar-refractivity contribution in [3.63, 3.8) is 0 Å². The highest BCUT2D eigenvalue weighted by atomic mass is 19.1. The molecule has 16 heavy (non-hydrogen) atoms. The molecule has 0 amide bonds. The maximum atomic E-state index is 12.8. The van der Waals surface area contributed by atoms with Crippen LogP contribution in [0.3, 0.4) is 0 Å². The first-order valence-electron chi connectivity index (χ1n) is 5.08. The van der Waals surface area contributed by atoms with E-state index in [1.807, 2.05) is 0 Å². The average Bonchev–Trinajstić information content (AvgIpc) is 2.23. The number of benzene rings is 1. The second kappa shape index (κ2) is 6.30. The van der Waals surface area contributed by atoms with Crippen LogP contribution in [0.25, 0.3) is 0 Å². The molecule has 0 aliphatic heterocycles. The van der Waals surface area contributed by atoms with E-state index in [1.165, 1.54) is 12.1 Å². The summed E-state index contributed by atoms with van der Waals surface area (Å²) in [5.41, 5.74) is 6.65. The van der Waals surface area contributed by atoms with Gasteiger partial charge in [-0.25, -0.2) is 4.39 Å². The Morgan fingerprint density at radius 3 is 2.88 bits per heavy atom. The molecule has 1 rings (SSSR count). The van der Waals surface area contributed by atoms with Crippen molar-refractivity contribution in [3.05, 3.63) is 24.0 Å². The number of nitrogen functional groups attached to an aromatic ring is 1. The Balaban J connectivity index is 2.68. The average molecular weight is 228 g/mol. The Bertz CT molecular complexity index is 328. The van der Waals surface area contributed by atoms with Crippen LogP contribution in [0.4, 0.5) is 15.8 Å². The van der Waals surface area contributed by atoms with E-state index in [0.29, 0.717) is 24.4 Å². The van der Waals surface area contributed by atoms with Gasteiger partial charge in [-0.2, -0.15) is 0 Å². The Hall–Kier alpha value is -1.33. The second-order valence-corrected chi connectivity index (χ2v) is 3.54. The maximum Gasteiger partial charge on any atom is 0.125 e. The van der Waals surface area contributed by atoms with Crippen LogP contribution >= 0.6 is 0 Å². The molecule has 4 nitrogen and oxygen atoms in total. The fourth-order valence-electron chi connectivity index (χ4n) is 1.44. The zero-order valence-electron chi connectivity index (χ0n) is 9.24. The molecule has 1 unspecified atom stereocenters. The molecule has 1 aromatic rings. The van der Waals surface area contributed by atoms with Gasteiger partial charge in [-0.1, -0.05) is 0 Å². The number of methoxy groups -OCH3 is 1. The first-order chi connectivity index (χ1) is 7.67. The summed E-state index contributed by atoms with van der Waals surface area (Å²) in [6, 6.07) is 4.12. The molecule has 0 aliphatic rings. The highest BCUT2D eigenvalue weighted by Crippen LogP contribution is 2.20. The highest BCUT2D eigenvalue weighted by Gasteiger charge is 2.09. The van der Waals surface area contributed by atoms with E-state index >= 15 is 0 Å². The van der Waals surface area contributed by atoms with Crippen molar-refractivity contribution in [1.82, 2.24) is 0 Å². The quantitative estimate of drug-likeness (QED) is 0.640. The normalized spacial score (nSPS) is 12.4. The third-order valence-corrected chi connectivity index (χ3v) is 2.22. The summed E-state index contributed by atoms with van der Waals surface area (Å²) in [5, 5.41) is 12.0. The molecule has 1 aromatic carbocycles. The maximum absolute atomic E-state index is 12.8. The molecule has 90 valence electrons. The third kappa shape index (κ3) is 3.67. The van der Waals surface area contributed by atoms with Crippen LogP contribution < -0.4 is 11.1 Å². The molecular formula is C11H17FN2O2. The van der Waals surface area contributed by atoms with Gasteiger partial charge in [0.1, 0.15) is 5.82 Å². The molecule has 0 saturated heterocycles. The van der Waals surface area contributed by atoms with Crippen LogP contribution in [0.5, 0.6) is 0 Å². The molecule has 0 bridgehead atoms. The van der Waals surface area contributed by atoms with Gasteiger partial charge in [0.25, 0.3) is 0 Å². The summed E-state index contributed by atoms with van der Waals surface area (Å²) in [6.45, 7) is 0.513. The van der Waals surface area contributed by atoms with Crippen molar-refractivity contribution in [2.24, 2.45) is 0 Å². The molecule has 1 atom stereocenters. The fraction of sp³-hybridized carbons (Fsp3) is 0.455. The number of nitrogens with two attached hydrogens (primary N) is 1. The van der Waals surface area contributed by atoms with E-state index in [0.717, 1.165) is 0 Å². The van der Waals surface area contributed by atoms with Gasteiger partial charge < -0.3 is 20.9 Å². The van der Waals surface area contributed by atoms with Crippen molar-refractivity contribution in [2.45, 2.75) is 12.5 Å². The molecule has 0 fully saturated rings. The summed E-state index contributed by atoms with van der Waals surface area (Å²) >= 11 is 0. The number of hydrogen-bond donors (Lipinski definition) is 3. The van der Waals surface area contributed by atoms with E-state index < -0.39 is 0 Å². The van der Waals surface area contributed by atoms with Gasteiger partial charge in [-0.15, -0.1) is 0 Å². The Kier molecular flexibility index (Phi) is 5.01. The molecule has 0 aliphatic carbocycles. The number of rotatable bonds is 6. The van der Waals surface area contributed by atoms with Crippen LogP contribution in [0, 0.1) is 5.82 Å². The van der Waals surface area contributed by atoms with Crippen molar-refractivity contribution in [3.8, 4) is 0 Å². The molecule has 0 spiro atoms. The van der Waals surface area contributed by atoms with Crippen LogP contribution in [-0.2, 0) is 4.74 Å². The number of halogens is 1. The summed E-state index contributed by atoms with van der Waals surface area (Å²) in [4.78, 5) is 0. The SMILES string of the molecule is COCC(CCO)Nc1ccc(F)cc1N. The summed E-state index contributed by atoms with van der Waals surface area (Å²) in [5.74, 6) is -0.367. The minimum absolute atomic E-state index is 0.0391. The molecule has 5 heteroatoms. The van der Waals surface area contributed by atoms with Crippen molar-refractivity contribution >= 4 is 11.4 Å². The lowest BCUT2D eigenvalue weighted by molar-refractivity contribution is 0.170. The zero-order chi connectivity index (χ0) is 12.0. The van der Waals surface area contributed by atoms with Gasteiger partial charge in [-0.3, -0.25) is 0 Å². The van der Waals surface area contributed by atoms with Crippen molar-refractivity contribution < 1.29 is 14.2 Å². The predicted molar refractivity (Wildman–Crippen MR) is 61.8 cm³/mol. The van der Waals surface area contributed by atoms with E-state index in [4.69, 9.17) is 15.6 Å². The Morgan fingerprint density at radius 2 is 2.31 bits per heavy atom. The zero-order valence-corrected chi connectivity index (χ0v) is 9.24. The van der Waals surface area contributed by atoms with Gasteiger partial charge in [0, 0.05) is 13.7 Å². The number of anilines is 2. The molecule has 0 heterocycles. The lowest BCUT2D eigenvalue weighted by Crippen LogP contribution is -2.26. The van der Waals surface area contributed by atoms with Crippen LogP contribution in [-0.4, -0.2) is 31.5 Å². The van der Waals surface area contributed by atoms with Crippen LogP contribution in [0.1, 0.15) is 6.42 Å². The third-order valence-electron chi connectivity index (χ3n) is 2.22. The summed E-state index contributed by atoms with van der Waals surface area (Å²) in [7, 11) is 1.58. The Morgan fingerprint density at radius 1 is 1.56 bits per heavy atom. The van der Waals surface area contributed by atoms with E-state index in [9.17, 15) is 4.39 Å². The summed E-state index contributed by atoms with van der Waals surface area (Å²) < 4.78 is 17.8. The van der Waals surface area contributed by atoms with Gasteiger partial charge in [0.2, 0.25) is 0 Å². The second-order valence-electron chi connectivity index (χ2n) is 3.54. The van der Waals surface area contributed by atoms with Gasteiger partial charge in [-0.05, 0) is 24.6 Å². The smallest absolute Gasteiger partial charge is 0.125 e. The van der Waals surface area contributed by atoms with Crippen LogP contribution in [0.2, 0.25) is 0 Å². The largest absolute Gasteiger partial charge is 0.397 e. The minimum atomic E-state index is -0.367. The van der Waals surface area contributed by atoms with Crippen molar-refractivity contribution in [1.29, 1.82) is 0 Å². The van der Waals surface area contributed by atoms with Crippen molar-refractivity contribution in [2.75, 3.05) is 31.4 Å². The topological polar surface area (TPSA) is 67.5 Å². The highest BCUT2D eigenvalue weighted by molar-refractivity contribution is 5.66. The molecular weight excluding hydrogens is 211 g/mol. The van der Waals surface area contributed by atoms with Gasteiger partial charge in [0.15, 0.2) is 0 Å². The number of aliphatic hydroxyl groups is 1. The van der Waals surface area contributed by atoms with Gasteiger partial charge in [0.05, 0.1) is 24.0 Å². The van der Waals surface area contributed by atoms with E-state index in [1.54, 1.807) is 13.2 Å². The van der Waals surface area contributed by atoms with Crippen LogP contribution in [0.15, 0.2) is 18.2 Å². The number of nitrogens with one attached hydrogen (secondary N) is 1.